The summed E-state index contributed by atoms with van der Waals surface area (Å²) in [5.41, 5.74) is 2.76. The molecule has 32 heavy (non-hydrogen) atoms. The third-order valence-electron chi connectivity index (χ3n) is 5.48. The number of hydrogen-bond acceptors (Lipinski definition) is 6. The number of aryl methyl sites for hydroxylation is 1. The van der Waals surface area contributed by atoms with E-state index >= 15 is 0 Å². The first-order valence-corrected chi connectivity index (χ1v) is 12.0. The average molecular weight is 479 g/mol. The number of H-pyrrole nitrogens is 1. The van der Waals surface area contributed by atoms with Gasteiger partial charge in [-0.1, -0.05) is 17.7 Å². The smallest absolute Gasteiger partial charge is 0.408 e. The Morgan fingerprint density at radius 2 is 1.91 bits per heavy atom. The van der Waals surface area contributed by atoms with Gasteiger partial charge in [-0.3, -0.25) is 9.78 Å². The molecule has 2 heterocycles. The molecule has 0 saturated carbocycles. The molecule has 1 aromatic heterocycles. The Bertz CT molecular complexity index is 1310. The summed E-state index contributed by atoms with van der Waals surface area (Å²) < 4.78 is 32.4. The van der Waals surface area contributed by atoms with Gasteiger partial charge in [-0.05, 0) is 36.8 Å². The summed E-state index contributed by atoms with van der Waals surface area (Å²) in [5.74, 6) is -0.763. The highest BCUT2D eigenvalue weighted by atomic mass is 35.5. The van der Waals surface area contributed by atoms with E-state index < -0.39 is 15.8 Å². The summed E-state index contributed by atoms with van der Waals surface area (Å²) in [5, 5.41) is 0.675. The summed E-state index contributed by atoms with van der Waals surface area (Å²) in [6.07, 6.45) is 0.0525. The number of halogens is 1. The molecular weight excluding hydrogens is 456 g/mol. The number of fused-ring (bicyclic) bond motifs is 1. The Morgan fingerprint density at radius 1 is 1.16 bits per heavy atom. The second kappa shape index (κ2) is 8.97. The van der Waals surface area contributed by atoms with E-state index in [1.165, 1.54) is 18.2 Å². The van der Waals surface area contributed by atoms with Gasteiger partial charge >= 0.3 is 5.76 Å². The number of anilines is 1. The number of nitrogens with zero attached hydrogens (tertiary/aromatic N) is 2. The molecule has 0 unspecified atom stereocenters. The Morgan fingerprint density at radius 3 is 2.66 bits per heavy atom. The van der Waals surface area contributed by atoms with Crippen LogP contribution in [0, 0.1) is 6.92 Å². The van der Waals surface area contributed by atoms with Crippen LogP contribution in [0.3, 0.4) is 0 Å². The number of amides is 1. The number of oxazole rings is 1. The maximum Gasteiger partial charge on any atom is 0.417 e. The van der Waals surface area contributed by atoms with Crippen LogP contribution in [0.15, 0.2) is 50.5 Å². The fourth-order valence-corrected chi connectivity index (χ4v) is 4.96. The zero-order chi connectivity index (χ0) is 22.9. The number of carbonyl (C=O) groups is 1. The van der Waals surface area contributed by atoms with Crippen molar-refractivity contribution < 1.29 is 17.6 Å². The SMILES string of the molecule is Cc1ccc(Cl)cc1N1CCN(C(=O)CCNS(=O)(=O)c2ccc3[nH]c(=O)oc3c2)CC1. The zero-order valence-corrected chi connectivity index (χ0v) is 19.0. The molecule has 2 aromatic carbocycles. The minimum absolute atomic E-state index is 0.0239. The molecule has 170 valence electrons. The minimum Gasteiger partial charge on any atom is -0.408 e. The van der Waals surface area contributed by atoms with Crippen molar-refractivity contribution >= 4 is 44.3 Å². The van der Waals surface area contributed by atoms with E-state index in [0.717, 1.165) is 11.3 Å². The van der Waals surface area contributed by atoms with Gasteiger partial charge in [-0.2, -0.15) is 0 Å². The van der Waals surface area contributed by atoms with Crippen molar-refractivity contribution in [3.63, 3.8) is 0 Å². The summed E-state index contributed by atoms with van der Waals surface area (Å²) in [4.78, 5) is 30.2. The number of aromatic nitrogens is 1. The molecule has 4 rings (SSSR count). The van der Waals surface area contributed by atoms with Crippen molar-refractivity contribution in [1.29, 1.82) is 0 Å². The van der Waals surface area contributed by atoms with Gasteiger partial charge in [0.2, 0.25) is 15.9 Å². The van der Waals surface area contributed by atoms with Gasteiger partial charge in [0, 0.05) is 55.9 Å². The minimum atomic E-state index is -3.84. The normalized spacial score (nSPS) is 14.8. The van der Waals surface area contributed by atoms with E-state index in [-0.39, 0.29) is 29.4 Å². The largest absolute Gasteiger partial charge is 0.417 e. The number of piperazine rings is 1. The van der Waals surface area contributed by atoms with Crippen LogP contribution in [0.5, 0.6) is 0 Å². The second-order valence-corrected chi connectivity index (χ2v) is 9.82. The first-order chi connectivity index (χ1) is 15.2. The summed E-state index contributed by atoms with van der Waals surface area (Å²) >= 11 is 6.12. The molecule has 1 saturated heterocycles. The van der Waals surface area contributed by atoms with E-state index in [2.05, 4.69) is 14.6 Å². The lowest BCUT2D eigenvalue weighted by Gasteiger charge is -2.37. The number of rotatable bonds is 6. The molecule has 3 aromatic rings. The van der Waals surface area contributed by atoms with Crippen LogP contribution in [-0.4, -0.2) is 56.9 Å². The number of aromatic amines is 1. The molecule has 1 aliphatic heterocycles. The molecular formula is C21H23ClN4O5S. The molecule has 0 spiro atoms. The van der Waals surface area contributed by atoms with Crippen molar-refractivity contribution in [1.82, 2.24) is 14.6 Å². The predicted molar refractivity (Wildman–Crippen MR) is 122 cm³/mol. The van der Waals surface area contributed by atoms with Crippen molar-refractivity contribution in [3.8, 4) is 0 Å². The molecule has 9 nitrogen and oxygen atoms in total. The number of carbonyl (C=O) groups excluding carboxylic acids is 1. The first kappa shape index (κ1) is 22.4. The third kappa shape index (κ3) is 4.82. The summed E-state index contributed by atoms with van der Waals surface area (Å²) in [6, 6.07) is 9.86. The van der Waals surface area contributed by atoms with E-state index in [4.69, 9.17) is 16.0 Å². The predicted octanol–water partition coefficient (Wildman–Crippen LogP) is 2.10. The quantitative estimate of drug-likeness (QED) is 0.560. The van der Waals surface area contributed by atoms with Crippen LogP contribution >= 0.6 is 11.6 Å². The van der Waals surface area contributed by atoms with Gasteiger partial charge in [-0.25, -0.2) is 17.9 Å². The van der Waals surface area contributed by atoms with E-state index in [1.807, 2.05) is 25.1 Å². The zero-order valence-electron chi connectivity index (χ0n) is 17.4. The van der Waals surface area contributed by atoms with Gasteiger partial charge in [0.05, 0.1) is 10.4 Å². The third-order valence-corrected chi connectivity index (χ3v) is 7.17. The maximum atomic E-state index is 12.6. The molecule has 1 fully saturated rings. The fourth-order valence-electron chi connectivity index (χ4n) is 3.75. The molecule has 0 atom stereocenters. The Hall–Kier alpha value is -2.82. The van der Waals surface area contributed by atoms with Crippen LogP contribution in [-0.2, 0) is 14.8 Å². The Balaban J connectivity index is 1.30. The lowest BCUT2D eigenvalue weighted by atomic mass is 10.1. The van der Waals surface area contributed by atoms with Crippen LogP contribution in [0.1, 0.15) is 12.0 Å². The van der Waals surface area contributed by atoms with Gasteiger partial charge < -0.3 is 14.2 Å². The number of nitrogens with one attached hydrogen (secondary N) is 2. The van der Waals surface area contributed by atoms with E-state index in [0.29, 0.717) is 36.7 Å². The Kier molecular flexibility index (Phi) is 6.27. The standard InChI is InChI=1S/C21H23ClN4O5S/c1-14-2-3-15(22)12-18(14)25-8-10-26(11-9-25)20(27)6-7-23-32(29,30)16-4-5-17-19(13-16)31-21(28)24-17/h2-5,12-13,23H,6-11H2,1H3,(H,24,28). The highest BCUT2D eigenvalue weighted by Gasteiger charge is 2.23. The number of benzene rings is 2. The lowest BCUT2D eigenvalue weighted by Crippen LogP contribution is -2.49. The van der Waals surface area contributed by atoms with Crippen molar-refractivity contribution in [2.75, 3.05) is 37.6 Å². The summed E-state index contributed by atoms with van der Waals surface area (Å²) in [6.45, 7) is 4.48. The van der Waals surface area contributed by atoms with Crippen molar-refractivity contribution in [3.05, 3.63) is 57.5 Å². The molecule has 0 bridgehead atoms. The maximum absolute atomic E-state index is 12.6. The van der Waals surface area contributed by atoms with Crippen LogP contribution in [0.2, 0.25) is 5.02 Å². The van der Waals surface area contributed by atoms with E-state index in [9.17, 15) is 18.0 Å². The van der Waals surface area contributed by atoms with Crippen molar-refractivity contribution in [2.45, 2.75) is 18.2 Å². The van der Waals surface area contributed by atoms with Gasteiger partial charge in [0.15, 0.2) is 5.58 Å². The van der Waals surface area contributed by atoms with Crippen LogP contribution in [0.4, 0.5) is 5.69 Å². The first-order valence-electron chi connectivity index (χ1n) is 10.1. The second-order valence-electron chi connectivity index (χ2n) is 7.62. The number of hydrogen-bond donors (Lipinski definition) is 2. The van der Waals surface area contributed by atoms with Gasteiger partial charge in [-0.15, -0.1) is 0 Å². The molecule has 1 amide bonds. The Labute approximate surface area is 190 Å². The molecule has 2 N–H and O–H groups in total. The molecule has 1 aliphatic rings. The van der Waals surface area contributed by atoms with Crippen LogP contribution in [0.25, 0.3) is 11.1 Å². The molecule has 0 radical (unpaired) electrons. The monoisotopic (exact) mass is 478 g/mol. The average Bonchev–Trinajstić information content (AvgIpc) is 3.14. The van der Waals surface area contributed by atoms with Crippen molar-refractivity contribution in [2.24, 2.45) is 0 Å². The lowest BCUT2D eigenvalue weighted by molar-refractivity contribution is -0.131. The highest BCUT2D eigenvalue weighted by molar-refractivity contribution is 7.89. The van der Waals surface area contributed by atoms with Crippen LogP contribution < -0.4 is 15.4 Å². The highest BCUT2D eigenvalue weighted by Crippen LogP contribution is 2.25. The number of sulfonamides is 1. The molecule has 0 aliphatic carbocycles. The van der Waals surface area contributed by atoms with Gasteiger partial charge in [0.1, 0.15) is 0 Å². The fraction of sp³-hybridized carbons (Fsp3) is 0.333. The van der Waals surface area contributed by atoms with Gasteiger partial charge in [0.25, 0.3) is 0 Å². The van der Waals surface area contributed by atoms with E-state index in [1.54, 1.807) is 4.90 Å². The topological polar surface area (TPSA) is 116 Å². The summed E-state index contributed by atoms with van der Waals surface area (Å²) in [7, 11) is -3.84. The molecule has 11 heteroatoms.